The largest absolute Gasteiger partial charge is 0.507 e. The summed E-state index contributed by atoms with van der Waals surface area (Å²) >= 11 is 6.20. The molecule has 19 heavy (non-hydrogen) atoms. The van der Waals surface area contributed by atoms with Crippen LogP contribution in [0.5, 0.6) is 11.5 Å². The molecule has 2 rings (SSSR count). The smallest absolute Gasteiger partial charge is 0.133 e. The van der Waals surface area contributed by atoms with E-state index in [1.54, 1.807) is 18.2 Å². The Morgan fingerprint density at radius 1 is 1.26 bits per heavy atom. The van der Waals surface area contributed by atoms with Crippen LogP contribution in [0.25, 0.3) is 11.1 Å². The van der Waals surface area contributed by atoms with E-state index in [9.17, 15) is 5.11 Å². The standard InChI is InChI=1S/C15H12ClNO2/c1-2-19-12-5-6-13(14(16)8-12)10-3-4-11(9-17)15(18)7-10/h3-8,18H,2H2,1H3. The summed E-state index contributed by atoms with van der Waals surface area (Å²) in [5.41, 5.74) is 1.78. The van der Waals surface area contributed by atoms with Crippen molar-refractivity contribution >= 4 is 11.6 Å². The monoisotopic (exact) mass is 273 g/mol. The van der Waals surface area contributed by atoms with Crippen LogP contribution >= 0.6 is 11.6 Å². The fraction of sp³-hybridized carbons (Fsp3) is 0.133. The summed E-state index contributed by atoms with van der Waals surface area (Å²) in [5.74, 6) is 0.652. The first-order valence-corrected chi connectivity index (χ1v) is 6.19. The molecule has 96 valence electrons. The fourth-order valence-corrected chi connectivity index (χ4v) is 2.06. The molecule has 0 saturated heterocycles. The van der Waals surface area contributed by atoms with Gasteiger partial charge in [0.25, 0.3) is 0 Å². The van der Waals surface area contributed by atoms with Gasteiger partial charge < -0.3 is 9.84 Å². The van der Waals surface area contributed by atoms with Crippen molar-refractivity contribution in [2.75, 3.05) is 6.61 Å². The van der Waals surface area contributed by atoms with E-state index in [1.807, 2.05) is 25.1 Å². The van der Waals surface area contributed by atoms with Gasteiger partial charge in [-0.15, -0.1) is 0 Å². The molecule has 0 saturated carbocycles. The summed E-state index contributed by atoms with van der Waals surface area (Å²) in [6.07, 6.45) is 0. The number of halogens is 1. The molecule has 0 atom stereocenters. The van der Waals surface area contributed by atoms with Crippen LogP contribution in [-0.4, -0.2) is 11.7 Å². The second-order valence-corrected chi connectivity index (χ2v) is 4.33. The zero-order valence-corrected chi connectivity index (χ0v) is 11.1. The maximum Gasteiger partial charge on any atom is 0.133 e. The topological polar surface area (TPSA) is 53.2 Å². The number of aromatic hydroxyl groups is 1. The molecule has 2 aromatic rings. The van der Waals surface area contributed by atoms with E-state index in [0.717, 1.165) is 11.1 Å². The number of hydrogen-bond acceptors (Lipinski definition) is 3. The number of benzene rings is 2. The van der Waals surface area contributed by atoms with Gasteiger partial charge in [-0.2, -0.15) is 5.26 Å². The molecule has 1 N–H and O–H groups in total. The van der Waals surface area contributed by atoms with Gasteiger partial charge in [0, 0.05) is 5.56 Å². The first-order valence-electron chi connectivity index (χ1n) is 5.81. The van der Waals surface area contributed by atoms with Gasteiger partial charge in [0.1, 0.15) is 17.6 Å². The Hall–Kier alpha value is -2.18. The average Bonchev–Trinajstić information content (AvgIpc) is 2.39. The van der Waals surface area contributed by atoms with Crippen molar-refractivity contribution in [2.45, 2.75) is 6.92 Å². The van der Waals surface area contributed by atoms with Gasteiger partial charge in [0.05, 0.1) is 17.2 Å². The molecule has 0 amide bonds. The number of nitriles is 1. The van der Waals surface area contributed by atoms with Crippen LogP contribution < -0.4 is 4.74 Å². The first kappa shape index (κ1) is 13.3. The molecular formula is C15H12ClNO2. The van der Waals surface area contributed by atoms with E-state index >= 15 is 0 Å². The normalized spacial score (nSPS) is 9.95. The minimum atomic E-state index is -0.0510. The molecule has 0 aliphatic carbocycles. The molecule has 0 spiro atoms. The van der Waals surface area contributed by atoms with Crippen LogP contribution in [0.4, 0.5) is 0 Å². The van der Waals surface area contributed by atoms with Crippen molar-refractivity contribution in [2.24, 2.45) is 0 Å². The highest BCUT2D eigenvalue weighted by molar-refractivity contribution is 6.33. The van der Waals surface area contributed by atoms with Crippen LogP contribution in [0.2, 0.25) is 5.02 Å². The summed E-state index contributed by atoms with van der Waals surface area (Å²) in [5, 5.41) is 19.0. The van der Waals surface area contributed by atoms with Crippen molar-refractivity contribution in [1.29, 1.82) is 5.26 Å². The lowest BCUT2D eigenvalue weighted by Gasteiger charge is -2.08. The fourth-order valence-electron chi connectivity index (χ4n) is 1.78. The van der Waals surface area contributed by atoms with Crippen LogP contribution in [0.1, 0.15) is 12.5 Å². The molecule has 0 unspecified atom stereocenters. The van der Waals surface area contributed by atoms with Gasteiger partial charge in [-0.1, -0.05) is 17.7 Å². The van der Waals surface area contributed by atoms with Crippen molar-refractivity contribution in [3.8, 4) is 28.7 Å². The second kappa shape index (κ2) is 5.64. The molecule has 0 heterocycles. The van der Waals surface area contributed by atoms with Crippen LogP contribution in [0.3, 0.4) is 0 Å². The zero-order chi connectivity index (χ0) is 13.8. The van der Waals surface area contributed by atoms with E-state index in [0.29, 0.717) is 17.4 Å². The summed E-state index contributed by atoms with van der Waals surface area (Å²) < 4.78 is 5.36. The third-order valence-corrected chi connectivity index (χ3v) is 2.99. The molecule has 2 aromatic carbocycles. The molecule has 0 bridgehead atoms. The van der Waals surface area contributed by atoms with Gasteiger partial charge in [-0.25, -0.2) is 0 Å². The van der Waals surface area contributed by atoms with E-state index in [-0.39, 0.29) is 11.3 Å². The Balaban J connectivity index is 2.42. The second-order valence-electron chi connectivity index (χ2n) is 3.92. The third-order valence-electron chi connectivity index (χ3n) is 2.68. The minimum absolute atomic E-state index is 0.0510. The highest BCUT2D eigenvalue weighted by Crippen LogP contribution is 2.33. The Labute approximate surface area is 116 Å². The van der Waals surface area contributed by atoms with E-state index in [2.05, 4.69) is 0 Å². The van der Waals surface area contributed by atoms with Crippen molar-refractivity contribution in [1.82, 2.24) is 0 Å². The molecule has 0 radical (unpaired) electrons. The Morgan fingerprint density at radius 3 is 2.63 bits per heavy atom. The van der Waals surface area contributed by atoms with Gasteiger partial charge >= 0.3 is 0 Å². The third kappa shape index (κ3) is 2.81. The van der Waals surface area contributed by atoms with E-state index < -0.39 is 0 Å². The Morgan fingerprint density at radius 2 is 2.05 bits per heavy atom. The highest BCUT2D eigenvalue weighted by atomic mass is 35.5. The van der Waals surface area contributed by atoms with Crippen LogP contribution in [0.15, 0.2) is 36.4 Å². The quantitative estimate of drug-likeness (QED) is 0.920. The molecule has 0 fully saturated rings. The lowest BCUT2D eigenvalue weighted by Crippen LogP contribution is -1.91. The average molecular weight is 274 g/mol. The lowest BCUT2D eigenvalue weighted by molar-refractivity contribution is 0.340. The SMILES string of the molecule is CCOc1ccc(-c2ccc(C#N)c(O)c2)c(Cl)c1. The van der Waals surface area contributed by atoms with Crippen molar-refractivity contribution in [3.63, 3.8) is 0 Å². The summed E-state index contributed by atoms with van der Waals surface area (Å²) in [4.78, 5) is 0. The number of hydrogen-bond donors (Lipinski definition) is 1. The van der Waals surface area contributed by atoms with Crippen LogP contribution in [-0.2, 0) is 0 Å². The van der Waals surface area contributed by atoms with Gasteiger partial charge in [0.2, 0.25) is 0 Å². The number of nitrogens with zero attached hydrogens (tertiary/aromatic N) is 1. The molecule has 0 aliphatic heterocycles. The van der Waals surface area contributed by atoms with E-state index in [1.165, 1.54) is 6.07 Å². The van der Waals surface area contributed by atoms with Crippen LogP contribution in [0, 0.1) is 11.3 Å². The highest BCUT2D eigenvalue weighted by Gasteiger charge is 2.08. The van der Waals surface area contributed by atoms with Gasteiger partial charge in [-0.05, 0) is 42.8 Å². The molecule has 0 aromatic heterocycles. The molecule has 3 nitrogen and oxygen atoms in total. The Bertz CT molecular complexity index is 647. The number of rotatable bonds is 3. The number of phenolic OH excluding ortho intramolecular Hbond substituents is 1. The lowest BCUT2D eigenvalue weighted by atomic mass is 10.0. The van der Waals surface area contributed by atoms with Gasteiger partial charge in [-0.3, -0.25) is 0 Å². The van der Waals surface area contributed by atoms with Crippen molar-refractivity contribution < 1.29 is 9.84 Å². The summed E-state index contributed by atoms with van der Waals surface area (Å²) in [7, 11) is 0. The van der Waals surface area contributed by atoms with E-state index in [4.69, 9.17) is 21.6 Å². The summed E-state index contributed by atoms with van der Waals surface area (Å²) in [6, 6.07) is 12.1. The number of ether oxygens (including phenoxy) is 1. The summed E-state index contributed by atoms with van der Waals surface area (Å²) in [6.45, 7) is 2.48. The predicted molar refractivity (Wildman–Crippen MR) is 74.4 cm³/mol. The minimum Gasteiger partial charge on any atom is -0.507 e. The molecule has 4 heteroatoms. The van der Waals surface area contributed by atoms with Crippen molar-refractivity contribution in [3.05, 3.63) is 47.0 Å². The molecule has 0 aliphatic rings. The Kier molecular flexibility index (Phi) is 3.94. The van der Waals surface area contributed by atoms with Gasteiger partial charge in [0.15, 0.2) is 0 Å². The maximum atomic E-state index is 9.69. The predicted octanol–water partition coefficient (Wildman–Crippen LogP) is 3.98. The molecular weight excluding hydrogens is 262 g/mol. The first-order chi connectivity index (χ1) is 9.15. The maximum absolute atomic E-state index is 9.69. The zero-order valence-electron chi connectivity index (χ0n) is 10.4. The number of phenols is 1.